The first-order valence-electron chi connectivity index (χ1n) is 7.35. The third-order valence-electron chi connectivity index (χ3n) is 3.42. The number of nitrogens with one attached hydrogen (secondary N) is 1. The predicted molar refractivity (Wildman–Crippen MR) is 75.8 cm³/mol. The average molecular weight is 300 g/mol. The van der Waals surface area contributed by atoms with Crippen LogP contribution in [0, 0.1) is 5.92 Å². The molecule has 2 amide bonds. The molecule has 0 bridgehead atoms. The smallest absolute Gasteiger partial charge is 0.407 e. The van der Waals surface area contributed by atoms with Crippen LogP contribution in [0.1, 0.15) is 39.5 Å². The van der Waals surface area contributed by atoms with Crippen molar-refractivity contribution in [1.82, 2.24) is 10.2 Å². The minimum atomic E-state index is -0.893. The molecule has 120 valence electrons. The summed E-state index contributed by atoms with van der Waals surface area (Å²) in [5.41, 5.74) is 0. The van der Waals surface area contributed by atoms with E-state index in [-0.39, 0.29) is 30.7 Å². The van der Waals surface area contributed by atoms with Gasteiger partial charge in [0.1, 0.15) is 0 Å². The van der Waals surface area contributed by atoms with Crippen LogP contribution in [0.3, 0.4) is 0 Å². The van der Waals surface area contributed by atoms with E-state index in [4.69, 9.17) is 9.84 Å². The molecule has 0 aromatic heterocycles. The lowest BCUT2D eigenvalue weighted by molar-refractivity contribution is -0.138. The molecule has 2 atom stereocenters. The van der Waals surface area contributed by atoms with Gasteiger partial charge < -0.3 is 20.1 Å². The molecule has 1 fully saturated rings. The van der Waals surface area contributed by atoms with Gasteiger partial charge in [0.05, 0.1) is 6.61 Å². The number of ether oxygens (including phenoxy) is 1. The molecular weight excluding hydrogens is 276 g/mol. The van der Waals surface area contributed by atoms with Gasteiger partial charge in [0.15, 0.2) is 0 Å². The first-order valence-corrected chi connectivity index (χ1v) is 7.35. The number of amides is 2. The summed E-state index contributed by atoms with van der Waals surface area (Å²) in [5, 5.41) is 11.5. The fourth-order valence-corrected chi connectivity index (χ4v) is 2.46. The normalized spacial score (nSPS) is 19.7. The number of likely N-dealkylation sites (tertiary alicyclic amines) is 1. The van der Waals surface area contributed by atoms with Crippen molar-refractivity contribution in [3.8, 4) is 0 Å². The second-order valence-corrected chi connectivity index (χ2v) is 5.45. The first kappa shape index (κ1) is 17.3. The Labute approximate surface area is 124 Å². The zero-order valence-electron chi connectivity index (χ0n) is 12.6. The van der Waals surface area contributed by atoms with E-state index in [1.807, 2.05) is 0 Å². The molecule has 1 rings (SSSR count). The summed E-state index contributed by atoms with van der Waals surface area (Å²) in [6.07, 6.45) is 1.38. The van der Waals surface area contributed by atoms with Crippen LogP contribution >= 0.6 is 0 Å². The minimum absolute atomic E-state index is 0.00984. The number of alkyl carbamates (subject to hydrolysis) is 1. The number of rotatable bonds is 6. The number of carbonyl (C=O) groups excluding carboxylic acids is 2. The summed E-state index contributed by atoms with van der Waals surface area (Å²) in [7, 11) is 0. The zero-order valence-corrected chi connectivity index (χ0v) is 12.6. The van der Waals surface area contributed by atoms with Crippen LogP contribution in [0.2, 0.25) is 0 Å². The Morgan fingerprint density at radius 2 is 2.10 bits per heavy atom. The van der Waals surface area contributed by atoms with Crippen molar-refractivity contribution in [2.24, 2.45) is 5.92 Å². The van der Waals surface area contributed by atoms with Gasteiger partial charge in [0.25, 0.3) is 0 Å². The number of carbonyl (C=O) groups is 3. The number of nitrogens with zero attached hydrogens (tertiary/aromatic N) is 1. The highest BCUT2D eigenvalue weighted by Gasteiger charge is 2.26. The molecule has 0 aromatic rings. The standard InChI is InChI=1S/C14H24N2O5/c1-3-21-14(20)15-11-5-4-6-16(9-11)12(17)7-10(2)8-13(18)19/h10-11H,3-9H2,1-2H3,(H,15,20)(H,18,19). The maximum atomic E-state index is 12.1. The maximum Gasteiger partial charge on any atom is 0.407 e. The molecule has 7 nitrogen and oxygen atoms in total. The van der Waals surface area contributed by atoms with Crippen LogP contribution in [0.15, 0.2) is 0 Å². The number of hydrogen-bond donors (Lipinski definition) is 2. The number of carboxylic acid groups (broad SMARTS) is 1. The fourth-order valence-electron chi connectivity index (χ4n) is 2.46. The van der Waals surface area contributed by atoms with E-state index in [9.17, 15) is 14.4 Å². The third kappa shape index (κ3) is 6.46. The zero-order chi connectivity index (χ0) is 15.8. The van der Waals surface area contributed by atoms with Crippen LogP contribution in [-0.4, -0.2) is 53.7 Å². The van der Waals surface area contributed by atoms with Crippen LogP contribution in [0.5, 0.6) is 0 Å². The molecule has 0 aromatic carbocycles. The quantitative estimate of drug-likeness (QED) is 0.769. The Bertz CT molecular complexity index is 386. The Morgan fingerprint density at radius 3 is 2.71 bits per heavy atom. The lowest BCUT2D eigenvalue weighted by Gasteiger charge is -2.33. The van der Waals surface area contributed by atoms with Gasteiger partial charge >= 0.3 is 12.1 Å². The Balaban J connectivity index is 2.42. The number of carboxylic acids is 1. The minimum Gasteiger partial charge on any atom is -0.481 e. The molecule has 0 spiro atoms. The fraction of sp³-hybridized carbons (Fsp3) is 0.786. The molecule has 0 radical (unpaired) electrons. The molecule has 1 heterocycles. The van der Waals surface area contributed by atoms with Crippen LogP contribution in [0.4, 0.5) is 4.79 Å². The molecule has 1 saturated heterocycles. The molecule has 2 unspecified atom stereocenters. The van der Waals surface area contributed by atoms with Gasteiger partial charge in [-0.25, -0.2) is 4.79 Å². The van der Waals surface area contributed by atoms with Crippen LogP contribution < -0.4 is 5.32 Å². The first-order chi connectivity index (χ1) is 9.92. The van der Waals surface area contributed by atoms with E-state index in [0.29, 0.717) is 19.7 Å². The second-order valence-electron chi connectivity index (χ2n) is 5.45. The van der Waals surface area contributed by atoms with Crippen LogP contribution in [-0.2, 0) is 14.3 Å². The summed E-state index contributed by atoms with van der Waals surface area (Å²) in [4.78, 5) is 35.8. The van der Waals surface area contributed by atoms with Gasteiger partial charge in [-0.3, -0.25) is 9.59 Å². The number of hydrogen-bond acceptors (Lipinski definition) is 4. The van der Waals surface area contributed by atoms with Gasteiger partial charge in [-0.15, -0.1) is 0 Å². The van der Waals surface area contributed by atoms with Gasteiger partial charge in [0, 0.05) is 32.0 Å². The van der Waals surface area contributed by atoms with Crippen molar-refractivity contribution in [3.05, 3.63) is 0 Å². The summed E-state index contributed by atoms with van der Waals surface area (Å²) in [5.74, 6) is -1.14. The van der Waals surface area contributed by atoms with E-state index in [2.05, 4.69) is 5.32 Å². The van der Waals surface area contributed by atoms with Crippen molar-refractivity contribution in [2.75, 3.05) is 19.7 Å². The van der Waals surface area contributed by atoms with Gasteiger partial charge in [-0.1, -0.05) is 6.92 Å². The topological polar surface area (TPSA) is 95.9 Å². The van der Waals surface area contributed by atoms with Gasteiger partial charge in [-0.05, 0) is 25.7 Å². The van der Waals surface area contributed by atoms with E-state index < -0.39 is 12.1 Å². The number of piperidine rings is 1. The van der Waals surface area contributed by atoms with Crippen molar-refractivity contribution in [2.45, 2.75) is 45.6 Å². The van der Waals surface area contributed by atoms with Crippen molar-refractivity contribution >= 4 is 18.0 Å². The Hall–Kier alpha value is -1.79. The highest BCUT2D eigenvalue weighted by atomic mass is 16.5. The SMILES string of the molecule is CCOC(=O)NC1CCCN(C(=O)CC(C)CC(=O)O)C1. The maximum absolute atomic E-state index is 12.1. The molecule has 1 aliphatic heterocycles. The molecule has 21 heavy (non-hydrogen) atoms. The van der Waals surface area contributed by atoms with E-state index >= 15 is 0 Å². The Morgan fingerprint density at radius 1 is 1.38 bits per heavy atom. The molecular formula is C14H24N2O5. The number of aliphatic carboxylic acids is 1. The summed E-state index contributed by atoms with van der Waals surface area (Å²) >= 11 is 0. The van der Waals surface area contributed by atoms with Crippen molar-refractivity contribution in [1.29, 1.82) is 0 Å². The lowest BCUT2D eigenvalue weighted by atomic mass is 10.0. The summed E-state index contributed by atoms with van der Waals surface area (Å²) < 4.78 is 4.83. The largest absolute Gasteiger partial charge is 0.481 e. The molecule has 7 heteroatoms. The van der Waals surface area contributed by atoms with Crippen molar-refractivity contribution in [3.63, 3.8) is 0 Å². The third-order valence-corrected chi connectivity index (χ3v) is 3.42. The van der Waals surface area contributed by atoms with E-state index in [1.54, 1.807) is 18.7 Å². The average Bonchev–Trinajstić information content (AvgIpc) is 2.38. The lowest BCUT2D eigenvalue weighted by Crippen LogP contribution is -2.50. The molecule has 2 N–H and O–H groups in total. The van der Waals surface area contributed by atoms with Gasteiger partial charge in [0.2, 0.25) is 5.91 Å². The van der Waals surface area contributed by atoms with E-state index in [0.717, 1.165) is 12.8 Å². The molecule has 0 saturated carbocycles. The highest BCUT2D eigenvalue weighted by Crippen LogP contribution is 2.15. The Kier molecular flexibility index (Phi) is 6.98. The monoisotopic (exact) mass is 300 g/mol. The van der Waals surface area contributed by atoms with Crippen LogP contribution in [0.25, 0.3) is 0 Å². The second kappa shape index (κ2) is 8.49. The van der Waals surface area contributed by atoms with E-state index in [1.165, 1.54) is 0 Å². The highest BCUT2D eigenvalue weighted by molar-refractivity contribution is 5.77. The van der Waals surface area contributed by atoms with Gasteiger partial charge in [-0.2, -0.15) is 0 Å². The molecule has 0 aliphatic carbocycles. The van der Waals surface area contributed by atoms with Crippen molar-refractivity contribution < 1.29 is 24.2 Å². The predicted octanol–water partition coefficient (Wildman–Crippen LogP) is 1.22. The molecule has 1 aliphatic rings. The summed E-state index contributed by atoms with van der Waals surface area (Å²) in [6, 6.07) is -0.100. The summed E-state index contributed by atoms with van der Waals surface area (Å²) in [6.45, 7) is 4.91.